The first-order valence-electron chi connectivity index (χ1n) is 9.57. The maximum atomic E-state index is 11.7. The number of nitrogens with zero attached hydrogens (tertiary/aromatic N) is 3. The molecule has 5 nitrogen and oxygen atoms in total. The monoisotopic (exact) mass is 383 g/mol. The summed E-state index contributed by atoms with van der Waals surface area (Å²) in [7, 11) is 1.90. The number of fused-ring (bicyclic) bond motifs is 3. The fraction of sp³-hybridized carbons (Fsp3) is 0.208. The number of aryl methyl sites for hydroxylation is 1. The summed E-state index contributed by atoms with van der Waals surface area (Å²) in [6.45, 7) is 9.14. The van der Waals surface area contributed by atoms with Gasteiger partial charge < -0.3 is 9.58 Å². The van der Waals surface area contributed by atoms with Gasteiger partial charge in [0.05, 0.1) is 5.56 Å². The van der Waals surface area contributed by atoms with Crippen LogP contribution in [-0.2, 0) is 7.05 Å². The summed E-state index contributed by atoms with van der Waals surface area (Å²) in [6.07, 6.45) is 3.41. The van der Waals surface area contributed by atoms with Crippen molar-refractivity contribution in [2.75, 3.05) is 6.54 Å². The van der Waals surface area contributed by atoms with Crippen LogP contribution in [0.4, 0.5) is 0 Å². The Bertz CT molecular complexity index is 1150. The second-order valence-electron chi connectivity index (χ2n) is 7.09. The lowest BCUT2D eigenvalue weighted by atomic mass is 9.93. The van der Waals surface area contributed by atoms with Gasteiger partial charge in [0.1, 0.15) is 17.2 Å². The topological polar surface area (TPSA) is 48.5 Å². The van der Waals surface area contributed by atoms with Crippen molar-refractivity contribution in [1.29, 1.82) is 0 Å². The van der Waals surface area contributed by atoms with Crippen molar-refractivity contribution >= 4 is 17.1 Å². The number of para-hydroxylation sites is 1. The van der Waals surface area contributed by atoms with Crippen LogP contribution in [0.5, 0.6) is 5.75 Å². The lowest BCUT2D eigenvalue weighted by Crippen LogP contribution is -2.07. The molecule has 0 unspecified atom stereocenters. The first-order chi connectivity index (χ1) is 14.1. The predicted molar refractivity (Wildman–Crippen MR) is 113 cm³/mol. The second kappa shape index (κ2) is 7.76. The summed E-state index contributed by atoms with van der Waals surface area (Å²) in [6, 6.07) is 15.5. The molecule has 0 saturated carbocycles. The van der Waals surface area contributed by atoms with Gasteiger partial charge in [0.2, 0.25) is 6.54 Å². The molecule has 144 valence electrons. The van der Waals surface area contributed by atoms with Gasteiger partial charge in [0, 0.05) is 36.4 Å². The number of carbonyl (C=O) groups is 1. The van der Waals surface area contributed by atoms with Crippen molar-refractivity contribution in [3.05, 3.63) is 82.8 Å². The van der Waals surface area contributed by atoms with E-state index >= 15 is 0 Å². The minimum absolute atomic E-state index is 0.0381. The van der Waals surface area contributed by atoms with Crippen LogP contribution in [0.1, 0.15) is 41.3 Å². The molecule has 1 aromatic heterocycles. The van der Waals surface area contributed by atoms with E-state index in [1.54, 1.807) is 11.6 Å². The zero-order valence-electron chi connectivity index (χ0n) is 16.5. The van der Waals surface area contributed by atoms with Crippen molar-refractivity contribution in [3.8, 4) is 17.0 Å². The van der Waals surface area contributed by atoms with E-state index in [0.29, 0.717) is 18.5 Å². The van der Waals surface area contributed by atoms with E-state index < -0.39 is 0 Å². The number of benzene rings is 2. The summed E-state index contributed by atoms with van der Waals surface area (Å²) >= 11 is 0. The maximum absolute atomic E-state index is 11.7. The third-order valence-corrected chi connectivity index (χ3v) is 5.04. The smallest absolute Gasteiger partial charge is 0.215 e. The molecule has 0 atom stereocenters. The minimum Gasteiger partial charge on any atom is -0.456 e. The van der Waals surface area contributed by atoms with E-state index in [1.165, 1.54) is 0 Å². The molecule has 0 N–H and O–H groups in total. The summed E-state index contributed by atoms with van der Waals surface area (Å²) < 4.78 is 8.18. The van der Waals surface area contributed by atoms with E-state index in [0.717, 1.165) is 45.9 Å². The maximum Gasteiger partial charge on any atom is 0.215 e. The Morgan fingerprint density at radius 1 is 1.10 bits per heavy atom. The third-order valence-electron chi connectivity index (χ3n) is 5.04. The van der Waals surface area contributed by atoms with Gasteiger partial charge in [-0.25, -0.2) is 6.57 Å². The molecule has 1 aliphatic heterocycles. The average molecular weight is 383 g/mol. The Balaban J connectivity index is 1.88. The fourth-order valence-electron chi connectivity index (χ4n) is 3.62. The van der Waals surface area contributed by atoms with Gasteiger partial charge in [-0.1, -0.05) is 36.4 Å². The molecule has 29 heavy (non-hydrogen) atoms. The highest BCUT2D eigenvalue weighted by atomic mass is 16.5. The van der Waals surface area contributed by atoms with Crippen LogP contribution in [0.25, 0.3) is 27.4 Å². The molecular formula is C24H21N3O2. The number of aromatic nitrogens is 2. The van der Waals surface area contributed by atoms with Crippen LogP contribution in [0, 0.1) is 6.57 Å². The standard InChI is InChI=1S/C24H21N3O2/c1-16(28)17-10-12-18(13-11-17)19(8-6-14-25-2)24-21-15-27(3)26-23(21)20-7-4-5-9-22(20)29-24/h4-5,7,9-13,15H,6,8,14H2,1,3H3. The summed E-state index contributed by atoms with van der Waals surface area (Å²) in [5.41, 5.74) is 5.50. The molecule has 1 aliphatic rings. The minimum atomic E-state index is 0.0381. The Kier molecular flexibility index (Phi) is 5.01. The zero-order chi connectivity index (χ0) is 20.4. The SMILES string of the molecule is [C-]#[N+]CCCC(=C1Oc2ccccc2-c2nn(C)cc21)c1ccc(C(C)=O)cc1. The van der Waals surface area contributed by atoms with E-state index in [-0.39, 0.29) is 5.78 Å². The summed E-state index contributed by atoms with van der Waals surface area (Å²) in [4.78, 5) is 15.2. The molecule has 0 saturated heterocycles. The van der Waals surface area contributed by atoms with Crippen LogP contribution in [0.15, 0.2) is 54.7 Å². The van der Waals surface area contributed by atoms with Crippen molar-refractivity contribution in [2.24, 2.45) is 7.05 Å². The van der Waals surface area contributed by atoms with Crippen LogP contribution >= 0.6 is 0 Å². The molecule has 3 aromatic rings. The largest absolute Gasteiger partial charge is 0.456 e. The molecule has 0 radical (unpaired) electrons. The number of hydrogen-bond acceptors (Lipinski definition) is 3. The fourth-order valence-corrected chi connectivity index (χ4v) is 3.62. The van der Waals surface area contributed by atoms with Crippen molar-refractivity contribution in [3.63, 3.8) is 0 Å². The predicted octanol–water partition coefficient (Wildman–Crippen LogP) is 5.25. The molecule has 0 spiro atoms. The zero-order valence-corrected chi connectivity index (χ0v) is 16.5. The Labute approximate surface area is 170 Å². The molecule has 2 heterocycles. The van der Waals surface area contributed by atoms with Crippen LogP contribution in [0.2, 0.25) is 0 Å². The highest BCUT2D eigenvalue weighted by Gasteiger charge is 2.27. The molecule has 0 aliphatic carbocycles. The van der Waals surface area contributed by atoms with E-state index in [1.807, 2.05) is 61.8 Å². The molecule has 0 fully saturated rings. The van der Waals surface area contributed by atoms with E-state index in [4.69, 9.17) is 11.3 Å². The van der Waals surface area contributed by atoms with Gasteiger partial charge in [-0.3, -0.25) is 9.48 Å². The van der Waals surface area contributed by atoms with Crippen molar-refractivity contribution in [2.45, 2.75) is 19.8 Å². The van der Waals surface area contributed by atoms with E-state index in [9.17, 15) is 4.79 Å². The first-order valence-corrected chi connectivity index (χ1v) is 9.57. The summed E-state index contributed by atoms with van der Waals surface area (Å²) in [5, 5.41) is 4.66. The number of Topliss-reactive ketones (excluding diaryl/α,β-unsaturated/α-hetero) is 1. The lowest BCUT2D eigenvalue weighted by molar-refractivity contribution is 0.101. The van der Waals surface area contributed by atoms with Gasteiger partial charge in [0.15, 0.2) is 5.78 Å². The lowest BCUT2D eigenvalue weighted by Gasteiger charge is -2.22. The molecule has 5 heteroatoms. The first kappa shape index (κ1) is 18.7. The number of hydrogen-bond donors (Lipinski definition) is 0. The third kappa shape index (κ3) is 3.57. The Hall–Kier alpha value is -3.65. The molecule has 0 bridgehead atoms. The van der Waals surface area contributed by atoms with Crippen LogP contribution in [-0.4, -0.2) is 22.1 Å². The quantitative estimate of drug-likeness (QED) is 0.343. The van der Waals surface area contributed by atoms with E-state index in [2.05, 4.69) is 9.94 Å². The highest BCUT2D eigenvalue weighted by molar-refractivity contribution is 5.97. The van der Waals surface area contributed by atoms with Crippen molar-refractivity contribution in [1.82, 2.24) is 9.78 Å². The second-order valence-corrected chi connectivity index (χ2v) is 7.09. The normalized spacial score (nSPS) is 13.7. The molecular weight excluding hydrogens is 362 g/mol. The van der Waals surface area contributed by atoms with Gasteiger partial charge in [-0.2, -0.15) is 5.10 Å². The van der Waals surface area contributed by atoms with Gasteiger partial charge in [0.25, 0.3) is 0 Å². The Morgan fingerprint density at radius 2 is 1.83 bits per heavy atom. The van der Waals surface area contributed by atoms with Gasteiger partial charge in [-0.05, 0) is 31.0 Å². The highest BCUT2D eigenvalue weighted by Crippen LogP contribution is 2.44. The average Bonchev–Trinajstić information content (AvgIpc) is 3.13. The van der Waals surface area contributed by atoms with Gasteiger partial charge in [-0.15, -0.1) is 0 Å². The van der Waals surface area contributed by atoms with Gasteiger partial charge >= 0.3 is 0 Å². The number of ketones is 1. The molecule has 4 rings (SSSR count). The number of allylic oxidation sites excluding steroid dienone is 1. The molecule has 2 aromatic carbocycles. The number of ether oxygens (including phenoxy) is 1. The number of rotatable bonds is 5. The van der Waals surface area contributed by atoms with Crippen molar-refractivity contribution < 1.29 is 9.53 Å². The number of carbonyl (C=O) groups excluding carboxylic acids is 1. The summed E-state index contributed by atoms with van der Waals surface area (Å²) in [5.74, 6) is 1.58. The van der Waals surface area contributed by atoms with Crippen LogP contribution < -0.4 is 4.74 Å². The molecule has 0 amide bonds. The Morgan fingerprint density at radius 3 is 2.55 bits per heavy atom. The van der Waals surface area contributed by atoms with Crippen LogP contribution in [0.3, 0.4) is 0 Å².